The van der Waals surface area contributed by atoms with E-state index in [1.54, 1.807) is 24.3 Å². The fourth-order valence-electron chi connectivity index (χ4n) is 2.82. The molecule has 0 saturated heterocycles. The number of halogens is 2. The Hall–Kier alpha value is -3.49. The second kappa shape index (κ2) is 8.10. The predicted octanol–water partition coefficient (Wildman–Crippen LogP) is 6.08. The van der Waals surface area contributed by atoms with Gasteiger partial charge in [-0.25, -0.2) is 9.97 Å². The molecule has 0 atom stereocenters. The minimum Gasteiger partial charge on any atom is -0.431 e. The Bertz CT molecular complexity index is 1280. The van der Waals surface area contributed by atoms with Gasteiger partial charge in [0.05, 0.1) is 15.6 Å². The van der Waals surface area contributed by atoms with Crippen LogP contribution in [0.15, 0.2) is 54.9 Å². The minimum atomic E-state index is -0.620. The number of nitro groups is 1. The Kier molecular flexibility index (Phi) is 5.35. The molecule has 1 N–H and O–H groups in total. The summed E-state index contributed by atoms with van der Waals surface area (Å²) in [6, 6.07) is 13.8. The van der Waals surface area contributed by atoms with E-state index in [0.29, 0.717) is 22.0 Å². The van der Waals surface area contributed by atoms with Crippen molar-refractivity contribution in [2.24, 2.45) is 0 Å². The van der Waals surface area contributed by atoms with Gasteiger partial charge in [-0.15, -0.1) is 0 Å². The Balaban J connectivity index is 1.77. The lowest BCUT2D eigenvalue weighted by molar-refractivity contribution is -0.385. The number of benzene rings is 2. The predicted molar refractivity (Wildman–Crippen MR) is 115 cm³/mol. The highest BCUT2D eigenvalue weighted by Gasteiger charge is 2.26. The molecular weight excluding hydrogens is 429 g/mol. The van der Waals surface area contributed by atoms with Crippen LogP contribution < -0.4 is 10.1 Å². The van der Waals surface area contributed by atoms with Crippen molar-refractivity contribution in [1.82, 2.24) is 15.0 Å². The van der Waals surface area contributed by atoms with Crippen LogP contribution in [0.3, 0.4) is 0 Å². The number of aryl methyl sites for hydroxylation is 1. The molecule has 0 radical (unpaired) electrons. The molecule has 0 spiro atoms. The zero-order valence-corrected chi connectivity index (χ0v) is 17.0. The third-order valence-electron chi connectivity index (χ3n) is 4.18. The first-order valence-corrected chi connectivity index (χ1v) is 9.43. The number of nitrogens with one attached hydrogen (secondary N) is 1. The van der Waals surface area contributed by atoms with Crippen LogP contribution in [0.4, 0.5) is 17.2 Å². The molecule has 2 heterocycles. The van der Waals surface area contributed by atoms with Crippen molar-refractivity contribution in [1.29, 1.82) is 0 Å². The first kappa shape index (κ1) is 19.8. The SMILES string of the molecule is Cc1ccc2cccc(Oc3ncnc(Nc4ccc(Cl)cc4Cl)c3[N+](=O)[O-])c2n1. The van der Waals surface area contributed by atoms with Crippen LogP contribution in [0.1, 0.15) is 5.69 Å². The summed E-state index contributed by atoms with van der Waals surface area (Å²) in [4.78, 5) is 23.6. The highest BCUT2D eigenvalue weighted by molar-refractivity contribution is 6.36. The summed E-state index contributed by atoms with van der Waals surface area (Å²) in [6.45, 7) is 1.85. The van der Waals surface area contributed by atoms with Crippen LogP contribution in [0.2, 0.25) is 10.0 Å². The number of ether oxygens (including phenoxy) is 1. The summed E-state index contributed by atoms with van der Waals surface area (Å²) < 4.78 is 5.82. The fourth-order valence-corrected chi connectivity index (χ4v) is 3.27. The van der Waals surface area contributed by atoms with Gasteiger partial charge in [-0.2, -0.15) is 4.98 Å². The van der Waals surface area contributed by atoms with E-state index in [9.17, 15) is 10.1 Å². The number of para-hydroxylation sites is 1. The number of hydrogen-bond acceptors (Lipinski definition) is 7. The van der Waals surface area contributed by atoms with Gasteiger partial charge in [0.2, 0.25) is 5.82 Å². The zero-order chi connectivity index (χ0) is 21.3. The molecule has 0 aliphatic rings. The molecule has 0 aliphatic heterocycles. The smallest absolute Gasteiger partial charge is 0.373 e. The maximum absolute atomic E-state index is 11.8. The number of anilines is 2. The molecule has 2 aromatic heterocycles. The van der Waals surface area contributed by atoms with Gasteiger partial charge in [0, 0.05) is 16.1 Å². The number of hydrogen-bond donors (Lipinski definition) is 1. The largest absolute Gasteiger partial charge is 0.431 e. The Morgan fingerprint density at radius 3 is 2.70 bits per heavy atom. The first-order valence-electron chi connectivity index (χ1n) is 8.68. The van der Waals surface area contributed by atoms with Gasteiger partial charge in [-0.1, -0.05) is 41.4 Å². The summed E-state index contributed by atoms with van der Waals surface area (Å²) in [6.07, 6.45) is 1.16. The van der Waals surface area contributed by atoms with Crippen molar-refractivity contribution in [3.63, 3.8) is 0 Å². The van der Waals surface area contributed by atoms with Crippen LogP contribution in [0.5, 0.6) is 11.6 Å². The van der Waals surface area contributed by atoms with Crippen molar-refractivity contribution in [3.8, 4) is 11.6 Å². The molecular formula is C20H13Cl2N5O3. The minimum absolute atomic E-state index is 0.0707. The maximum Gasteiger partial charge on any atom is 0.373 e. The van der Waals surface area contributed by atoms with Crippen LogP contribution >= 0.6 is 23.2 Å². The molecule has 4 rings (SSSR count). The number of rotatable bonds is 5. The van der Waals surface area contributed by atoms with Crippen molar-refractivity contribution in [2.45, 2.75) is 6.92 Å². The van der Waals surface area contributed by atoms with Gasteiger partial charge in [0.1, 0.15) is 11.8 Å². The fraction of sp³-hybridized carbons (Fsp3) is 0.0500. The third kappa shape index (κ3) is 3.96. The highest BCUT2D eigenvalue weighted by Crippen LogP contribution is 2.38. The highest BCUT2D eigenvalue weighted by atomic mass is 35.5. The van der Waals surface area contributed by atoms with Crippen LogP contribution in [0, 0.1) is 17.0 Å². The lowest BCUT2D eigenvalue weighted by atomic mass is 10.2. The lowest BCUT2D eigenvalue weighted by Gasteiger charge is -2.11. The monoisotopic (exact) mass is 441 g/mol. The van der Waals surface area contributed by atoms with E-state index in [-0.39, 0.29) is 16.7 Å². The number of pyridine rings is 1. The summed E-state index contributed by atoms with van der Waals surface area (Å²) >= 11 is 12.1. The van der Waals surface area contributed by atoms with Crippen molar-refractivity contribution in [3.05, 3.63) is 80.7 Å². The van der Waals surface area contributed by atoms with Crippen molar-refractivity contribution >= 4 is 51.3 Å². The van der Waals surface area contributed by atoms with Crippen molar-refractivity contribution < 1.29 is 9.66 Å². The zero-order valence-electron chi connectivity index (χ0n) is 15.5. The summed E-state index contributed by atoms with van der Waals surface area (Å²) in [5, 5.41) is 16.2. The van der Waals surface area contributed by atoms with Crippen molar-refractivity contribution in [2.75, 3.05) is 5.32 Å². The summed E-state index contributed by atoms with van der Waals surface area (Å²) in [7, 11) is 0. The Morgan fingerprint density at radius 2 is 1.93 bits per heavy atom. The molecule has 2 aromatic carbocycles. The first-order chi connectivity index (χ1) is 14.4. The van der Waals surface area contributed by atoms with Gasteiger partial charge in [0.25, 0.3) is 0 Å². The van der Waals surface area contributed by atoms with Gasteiger partial charge in [-0.3, -0.25) is 10.1 Å². The van der Waals surface area contributed by atoms with E-state index in [2.05, 4.69) is 20.3 Å². The molecule has 10 heteroatoms. The van der Waals surface area contributed by atoms with Gasteiger partial charge in [0.15, 0.2) is 5.75 Å². The Labute approximate surface area is 180 Å². The molecule has 0 fully saturated rings. The van der Waals surface area contributed by atoms with Crippen LogP contribution in [-0.4, -0.2) is 19.9 Å². The number of fused-ring (bicyclic) bond motifs is 1. The average Bonchev–Trinajstić information content (AvgIpc) is 2.70. The Morgan fingerprint density at radius 1 is 1.10 bits per heavy atom. The normalized spacial score (nSPS) is 10.8. The molecule has 4 aromatic rings. The third-order valence-corrected chi connectivity index (χ3v) is 4.73. The average molecular weight is 442 g/mol. The second-order valence-electron chi connectivity index (χ2n) is 6.26. The van der Waals surface area contributed by atoms with E-state index in [1.807, 2.05) is 25.1 Å². The topological polar surface area (TPSA) is 103 Å². The second-order valence-corrected chi connectivity index (χ2v) is 7.11. The van der Waals surface area contributed by atoms with E-state index in [1.165, 1.54) is 6.07 Å². The molecule has 0 bridgehead atoms. The van der Waals surface area contributed by atoms with E-state index >= 15 is 0 Å². The summed E-state index contributed by atoms with van der Waals surface area (Å²) in [5.41, 5.74) is 1.32. The van der Waals surface area contributed by atoms with E-state index < -0.39 is 10.6 Å². The van der Waals surface area contributed by atoms with Crippen LogP contribution in [0.25, 0.3) is 10.9 Å². The standard InChI is InChI=1S/C20H13Cl2N5O3/c1-11-5-6-12-3-2-4-16(17(12)25-11)30-20-18(27(28)29)19(23-10-24-20)26-15-8-7-13(21)9-14(15)22/h2-10H,1H3,(H,23,24,26). The molecule has 0 unspecified atom stereocenters. The molecule has 30 heavy (non-hydrogen) atoms. The van der Waals surface area contributed by atoms with Gasteiger partial charge in [-0.05, 0) is 37.3 Å². The molecule has 0 amide bonds. The molecule has 0 saturated carbocycles. The van der Waals surface area contributed by atoms with Crippen LogP contribution in [-0.2, 0) is 0 Å². The maximum atomic E-state index is 11.8. The van der Waals surface area contributed by atoms with Gasteiger partial charge < -0.3 is 10.1 Å². The molecule has 0 aliphatic carbocycles. The van der Waals surface area contributed by atoms with E-state index in [4.69, 9.17) is 27.9 Å². The summed E-state index contributed by atoms with van der Waals surface area (Å²) in [5.74, 6) is 0.0467. The van der Waals surface area contributed by atoms with Gasteiger partial charge >= 0.3 is 11.6 Å². The van der Waals surface area contributed by atoms with E-state index in [0.717, 1.165) is 17.4 Å². The molecule has 150 valence electrons. The number of aromatic nitrogens is 3. The lowest BCUT2D eigenvalue weighted by Crippen LogP contribution is -2.04. The quantitative estimate of drug-likeness (QED) is 0.295. The number of nitrogens with zero attached hydrogens (tertiary/aromatic N) is 4. The molecule has 8 nitrogen and oxygen atoms in total.